The molecule has 1 aliphatic rings. The van der Waals surface area contributed by atoms with Crippen LogP contribution >= 0.6 is 0 Å². The van der Waals surface area contributed by atoms with Crippen molar-refractivity contribution in [2.45, 2.75) is 6.42 Å². The molecule has 4 heteroatoms. The van der Waals surface area contributed by atoms with E-state index in [0.29, 0.717) is 18.0 Å². The van der Waals surface area contributed by atoms with E-state index in [-0.39, 0.29) is 5.91 Å². The van der Waals surface area contributed by atoms with Gasteiger partial charge in [-0.3, -0.25) is 4.79 Å². The van der Waals surface area contributed by atoms with Crippen molar-refractivity contribution in [3.8, 4) is 0 Å². The van der Waals surface area contributed by atoms with E-state index >= 15 is 0 Å². The van der Waals surface area contributed by atoms with Crippen molar-refractivity contribution in [1.82, 2.24) is 10.2 Å². The van der Waals surface area contributed by atoms with Crippen LogP contribution in [0.15, 0.2) is 36.9 Å². The standard InChI is InChI=1S/C16H23N3O/c1-3-9-17-15-7-5-4-6-14(15)16(20)18-11-13-8-10-19(2)12-13/h3-7,13,17H,1,8-12H2,2H3,(H,18,20)/t13-/m1/s1. The molecule has 0 radical (unpaired) electrons. The number of rotatable bonds is 6. The molecule has 0 unspecified atom stereocenters. The first-order chi connectivity index (χ1) is 9.70. The Morgan fingerprint density at radius 1 is 1.50 bits per heavy atom. The number of nitrogens with one attached hydrogen (secondary N) is 2. The molecule has 1 aliphatic heterocycles. The van der Waals surface area contributed by atoms with Crippen LogP contribution in [0.4, 0.5) is 5.69 Å². The number of carbonyl (C=O) groups is 1. The average molecular weight is 273 g/mol. The summed E-state index contributed by atoms with van der Waals surface area (Å²) in [5, 5.41) is 6.24. The first-order valence-corrected chi connectivity index (χ1v) is 7.11. The second kappa shape index (κ2) is 7.10. The van der Waals surface area contributed by atoms with Crippen molar-refractivity contribution in [3.05, 3.63) is 42.5 Å². The van der Waals surface area contributed by atoms with E-state index in [2.05, 4.69) is 29.2 Å². The zero-order valence-electron chi connectivity index (χ0n) is 12.1. The van der Waals surface area contributed by atoms with Crippen molar-refractivity contribution >= 4 is 11.6 Å². The Hall–Kier alpha value is -1.81. The lowest BCUT2D eigenvalue weighted by atomic mass is 10.1. The third-order valence-electron chi connectivity index (χ3n) is 3.65. The van der Waals surface area contributed by atoms with Gasteiger partial charge in [0.2, 0.25) is 0 Å². The molecule has 1 amide bonds. The average Bonchev–Trinajstić information content (AvgIpc) is 2.88. The Labute approximate surface area is 120 Å². The third kappa shape index (κ3) is 3.84. The summed E-state index contributed by atoms with van der Waals surface area (Å²) in [5.41, 5.74) is 1.55. The van der Waals surface area contributed by atoms with Crippen molar-refractivity contribution in [2.24, 2.45) is 5.92 Å². The molecule has 0 aromatic heterocycles. The zero-order valence-corrected chi connectivity index (χ0v) is 12.1. The van der Waals surface area contributed by atoms with Gasteiger partial charge in [-0.1, -0.05) is 18.2 Å². The summed E-state index contributed by atoms with van der Waals surface area (Å²) in [6.07, 6.45) is 2.94. The molecule has 0 saturated carbocycles. The largest absolute Gasteiger partial charge is 0.381 e. The summed E-state index contributed by atoms with van der Waals surface area (Å²) >= 11 is 0. The van der Waals surface area contributed by atoms with Gasteiger partial charge >= 0.3 is 0 Å². The predicted molar refractivity (Wildman–Crippen MR) is 83.1 cm³/mol. The molecule has 1 aromatic carbocycles. The zero-order chi connectivity index (χ0) is 14.4. The maximum Gasteiger partial charge on any atom is 0.253 e. The Balaban J connectivity index is 1.93. The van der Waals surface area contributed by atoms with Crippen molar-refractivity contribution in [1.29, 1.82) is 0 Å². The molecule has 1 saturated heterocycles. The van der Waals surface area contributed by atoms with Crippen LogP contribution in [-0.4, -0.2) is 44.0 Å². The molecule has 0 bridgehead atoms. The van der Waals surface area contributed by atoms with Gasteiger partial charge in [0.25, 0.3) is 5.91 Å². The van der Waals surface area contributed by atoms with E-state index in [9.17, 15) is 4.79 Å². The van der Waals surface area contributed by atoms with Crippen molar-refractivity contribution in [2.75, 3.05) is 38.5 Å². The van der Waals surface area contributed by atoms with Crippen LogP contribution < -0.4 is 10.6 Å². The van der Waals surface area contributed by atoms with Crippen LogP contribution in [0.1, 0.15) is 16.8 Å². The van der Waals surface area contributed by atoms with Gasteiger partial charge in [-0.05, 0) is 38.1 Å². The van der Waals surface area contributed by atoms with Gasteiger partial charge < -0.3 is 15.5 Å². The van der Waals surface area contributed by atoms with Crippen molar-refractivity contribution in [3.63, 3.8) is 0 Å². The number of para-hydroxylation sites is 1. The van der Waals surface area contributed by atoms with E-state index in [1.54, 1.807) is 6.08 Å². The highest BCUT2D eigenvalue weighted by molar-refractivity contribution is 5.99. The summed E-state index contributed by atoms with van der Waals surface area (Å²) in [5.74, 6) is 0.559. The Morgan fingerprint density at radius 2 is 2.30 bits per heavy atom. The molecule has 2 N–H and O–H groups in total. The molecular weight excluding hydrogens is 250 g/mol. The molecule has 20 heavy (non-hydrogen) atoms. The van der Waals surface area contributed by atoms with Crippen LogP contribution in [0.3, 0.4) is 0 Å². The van der Waals surface area contributed by atoms with E-state index in [4.69, 9.17) is 0 Å². The van der Waals surface area contributed by atoms with Crippen LogP contribution in [0, 0.1) is 5.92 Å². The molecule has 108 valence electrons. The van der Waals surface area contributed by atoms with Gasteiger partial charge in [-0.15, -0.1) is 6.58 Å². The van der Waals surface area contributed by atoms with Gasteiger partial charge in [-0.2, -0.15) is 0 Å². The summed E-state index contributed by atoms with van der Waals surface area (Å²) in [7, 11) is 2.12. The monoisotopic (exact) mass is 273 g/mol. The molecule has 1 aromatic rings. The summed E-state index contributed by atoms with van der Waals surface area (Å²) in [6.45, 7) is 7.27. The smallest absolute Gasteiger partial charge is 0.253 e. The highest BCUT2D eigenvalue weighted by Crippen LogP contribution is 2.16. The topological polar surface area (TPSA) is 44.4 Å². The lowest BCUT2D eigenvalue weighted by Gasteiger charge is -2.14. The van der Waals surface area contributed by atoms with Gasteiger partial charge in [0.05, 0.1) is 5.56 Å². The lowest BCUT2D eigenvalue weighted by molar-refractivity contribution is 0.0948. The molecular formula is C16H23N3O. The molecule has 0 spiro atoms. The number of benzene rings is 1. The fourth-order valence-electron chi connectivity index (χ4n) is 2.54. The highest BCUT2D eigenvalue weighted by atomic mass is 16.1. The number of hydrogen-bond donors (Lipinski definition) is 2. The Kier molecular flexibility index (Phi) is 5.18. The van der Waals surface area contributed by atoms with Crippen LogP contribution in [0.25, 0.3) is 0 Å². The lowest BCUT2D eigenvalue weighted by Crippen LogP contribution is -2.31. The first-order valence-electron chi connectivity index (χ1n) is 7.11. The van der Waals surface area contributed by atoms with E-state index < -0.39 is 0 Å². The summed E-state index contributed by atoms with van der Waals surface area (Å²) in [6, 6.07) is 7.58. The predicted octanol–water partition coefficient (Wildman–Crippen LogP) is 1.97. The number of nitrogens with zero attached hydrogens (tertiary/aromatic N) is 1. The molecule has 1 atom stereocenters. The normalized spacial score (nSPS) is 18.8. The molecule has 4 nitrogen and oxygen atoms in total. The van der Waals surface area contributed by atoms with Crippen LogP contribution in [0.2, 0.25) is 0 Å². The second-order valence-electron chi connectivity index (χ2n) is 5.34. The maximum atomic E-state index is 12.3. The number of hydrogen-bond acceptors (Lipinski definition) is 3. The Bertz CT molecular complexity index is 473. The van der Waals surface area contributed by atoms with Gasteiger partial charge in [0.15, 0.2) is 0 Å². The third-order valence-corrected chi connectivity index (χ3v) is 3.65. The quantitative estimate of drug-likeness (QED) is 0.779. The molecule has 1 fully saturated rings. The maximum absolute atomic E-state index is 12.3. The number of likely N-dealkylation sites (tertiary alicyclic amines) is 1. The minimum Gasteiger partial charge on any atom is -0.381 e. The van der Waals surface area contributed by atoms with Gasteiger partial charge in [-0.25, -0.2) is 0 Å². The number of carbonyl (C=O) groups excluding carboxylic acids is 1. The molecule has 1 heterocycles. The fraction of sp³-hybridized carbons (Fsp3) is 0.438. The SMILES string of the molecule is C=CCNc1ccccc1C(=O)NC[C@H]1CCN(C)C1. The van der Waals surface area contributed by atoms with E-state index in [1.165, 1.54) is 0 Å². The summed E-state index contributed by atoms with van der Waals surface area (Å²) in [4.78, 5) is 14.6. The van der Waals surface area contributed by atoms with Gasteiger partial charge in [0, 0.05) is 25.3 Å². The van der Waals surface area contributed by atoms with Crippen LogP contribution in [-0.2, 0) is 0 Å². The summed E-state index contributed by atoms with van der Waals surface area (Å²) < 4.78 is 0. The minimum atomic E-state index is -0.00767. The molecule has 2 rings (SSSR count). The fourth-order valence-corrected chi connectivity index (χ4v) is 2.54. The number of amides is 1. The second-order valence-corrected chi connectivity index (χ2v) is 5.34. The first kappa shape index (κ1) is 14.6. The Morgan fingerprint density at radius 3 is 3.00 bits per heavy atom. The van der Waals surface area contributed by atoms with E-state index in [1.807, 2.05) is 24.3 Å². The number of anilines is 1. The van der Waals surface area contributed by atoms with Gasteiger partial charge in [0.1, 0.15) is 0 Å². The minimum absolute atomic E-state index is 0.00767. The van der Waals surface area contributed by atoms with E-state index in [0.717, 1.165) is 31.7 Å². The van der Waals surface area contributed by atoms with Crippen molar-refractivity contribution < 1.29 is 4.79 Å². The van der Waals surface area contributed by atoms with Crippen LogP contribution in [0.5, 0.6) is 0 Å². The highest BCUT2D eigenvalue weighted by Gasteiger charge is 2.20. The molecule has 0 aliphatic carbocycles.